The average Bonchev–Trinajstić information content (AvgIpc) is 1.82. The first-order chi connectivity index (χ1) is 40.4. The number of alkyl halides is 3. The van der Waals surface area contributed by atoms with Crippen LogP contribution in [0.25, 0.3) is 11.1 Å². The smallest absolute Gasteiger partial charge is 0.329 e. The summed E-state index contributed by atoms with van der Waals surface area (Å²) >= 11 is 25.0. The van der Waals surface area contributed by atoms with Gasteiger partial charge in [-0.2, -0.15) is 0 Å². The van der Waals surface area contributed by atoms with Crippen LogP contribution in [0.3, 0.4) is 0 Å². The van der Waals surface area contributed by atoms with Crippen molar-refractivity contribution < 1.29 is 52.5 Å². The van der Waals surface area contributed by atoms with Gasteiger partial charge in [0.05, 0.1) is 31.9 Å². The van der Waals surface area contributed by atoms with Crippen LogP contribution in [0.4, 0.5) is 0 Å². The second-order valence-electron chi connectivity index (χ2n) is 23.0. The molecule has 0 heterocycles. The molecule has 474 valence electrons. The van der Waals surface area contributed by atoms with Gasteiger partial charge in [0, 0.05) is 42.9 Å². The van der Waals surface area contributed by atoms with Gasteiger partial charge in [0.1, 0.15) is 42.4 Å². The van der Waals surface area contributed by atoms with Crippen LogP contribution in [0.15, 0.2) is 96.1 Å². The minimum absolute atomic E-state index is 0.00321. The second kappa shape index (κ2) is 34.5. The predicted octanol–water partition coefficient (Wildman–Crippen LogP) is 10.4. The lowest BCUT2D eigenvalue weighted by molar-refractivity contribution is -0.159. The van der Waals surface area contributed by atoms with Crippen molar-refractivity contribution in [1.82, 2.24) is 31.1 Å². The van der Waals surface area contributed by atoms with Gasteiger partial charge in [-0.1, -0.05) is 160 Å². The number of amides is 5. The van der Waals surface area contributed by atoms with E-state index in [1.165, 1.54) is 59.9 Å². The number of nitrogens with zero attached hydrogens (tertiary/aromatic N) is 2. The lowest BCUT2D eigenvalue weighted by atomic mass is 9.90. The zero-order chi connectivity index (χ0) is 64.2. The number of carbonyl (C=O) groups excluding carboxylic acids is 7. The van der Waals surface area contributed by atoms with Crippen LogP contribution in [0.5, 0.6) is 0 Å². The molecule has 0 bridgehead atoms. The third kappa shape index (κ3) is 21.8. The highest BCUT2D eigenvalue weighted by Crippen LogP contribution is 2.44. The third-order valence-corrected chi connectivity index (χ3v) is 16.4. The minimum atomic E-state index is -1.87. The molecule has 3 aromatic carbocycles. The first kappa shape index (κ1) is 73.3. The molecular weight excluding hydrogens is 1200 g/mol. The summed E-state index contributed by atoms with van der Waals surface area (Å²) in [6, 6.07) is 18.8. The standard InChI is InChI=1S/C64H88Cl4N6O11S/c1-15-39(5)55(61(80)83-35-64(66,67)68)72-54(75)33-73(12)60(79)52(32-44-26-28-45(65)29-27-44)74(13)59(78)43(9)70-58(77)51(31-38(3)4)71-57(76)41(7)25-30-53(84-37-86-14)42(8)56(40(6)16-2)85-62(81)63(10,11)69-36-82-34-50-48-23-19-17-21-46(48)47-22-18-20-24-49(47)50/h16-29,38-39,42-43,50-53,55-56,69H,15,30-37H2,1-14H3,(H,70,77)(H,71,76)(H,72,75)/b40-16+,41-25+. The maximum absolute atomic E-state index is 14.4. The molecule has 0 saturated heterocycles. The number of hydrogen-bond donors (Lipinski definition) is 4. The van der Waals surface area contributed by atoms with Gasteiger partial charge in [-0.25, -0.2) is 4.79 Å². The van der Waals surface area contributed by atoms with Gasteiger partial charge in [-0.05, 0) is 118 Å². The van der Waals surface area contributed by atoms with Crippen LogP contribution in [-0.2, 0) is 58.9 Å². The van der Waals surface area contributed by atoms with E-state index < -0.39 is 100 Å². The molecule has 8 unspecified atom stereocenters. The Kier molecular flexibility index (Phi) is 29.4. The largest absolute Gasteiger partial charge is 0.460 e. The van der Waals surface area contributed by atoms with Crippen LogP contribution >= 0.6 is 58.2 Å². The van der Waals surface area contributed by atoms with Gasteiger partial charge < -0.3 is 44.7 Å². The fourth-order valence-electron chi connectivity index (χ4n) is 9.85. The second-order valence-corrected chi connectivity index (χ2v) is 26.8. The Bertz CT molecular complexity index is 2800. The Balaban J connectivity index is 1.43. The number of halogens is 4. The normalized spacial score (nSPS) is 15.6. The van der Waals surface area contributed by atoms with Crippen molar-refractivity contribution in [2.24, 2.45) is 17.8 Å². The summed E-state index contributed by atoms with van der Waals surface area (Å²) in [5, 5.41) is 12.0. The number of hydrogen-bond acceptors (Lipinski definition) is 13. The van der Waals surface area contributed by atoms with Crippen molar-refractivity contribution in [2.75, 3.05) is 52.8 Å². The highest BCUT2D eigenvalue weighted by molar-refractivity contribution is 7.98. The van der Waals surface area contributed by atoms with Crippen molar-refractivity contribution in [3.63, 3.8) is 0 Å². The van der Waals surface area contributed by atoms with Gasteiger partial charge in [0.25, 0.3) is 0 Å². The zero-order valence-corrected chi connectivity index (χ0v) is 55.9. The zero-order valence-electron chi connectivity index (χ0n) is 52.0. The van der Waals surface area contributed by atoms with E-state index >= 15 is 0 Å². The molecular formula is C64H88Cl4N6O11S. The Labute approximate surface area is 533 Å². The molecule has 8 atom stereocenters. The maximum Gasteiger partial charge on any atom is 0.329 e. The summed E-state index contributed by atoms with van der Waals surface area (Å²) < 4.78 is 22.2. The number of esters is 2. The summed E-state index contributed by atoms with van der Waals surface area (Å²) in [5.74, 6) is -4.82. The summed E-state index contributed by atoms with van der Waals surface area (Å²) in [6.07, 6.45) is 5.31. The molecule has 1 aliphatic rings. The van der Waals surface area contributed by atoms with Crippen molar-refractivity contribution in [3.05, 3.63) is 118 Å². The molecule has 4 rings (SSSR count). The molecule has 1 aliphatic carbocycles. The van der Waals surface area contributed by atoms with Gasteiger partial charge in [0.15, 0.2) is 0 Å². The predicted molar refractivity (Wildman–Crippen MR) is 343 cm³/mol. The van der Waals surface area contributed by atoms with Crippen molar-refractivity contribution in [2.45, 2.75) is 153 Å². The number of fused-ring (bicyclic) bond motifs is 3. The van der Waals surface area contributed by atoms with Crippen molar-refractivity contribution >= 4 is 99.6 Å². The number of benzene rings is 3. The molecule has 0 aliphatic heterocycles. The number of nitrogens with one attached hydrogen (secondary N) is 4. The Hall–Kier alpha value is -5.18. The average molecular weight is 1290 g/mol. The molecule has 0 fully saturated rings. The Morgan fingerprint density at radius 2 is 1.43 bits per heavy atom. The van der Waals surface area contributed by atoms with Crippen LogP contribution in [0, 0.1) is 17.8 Å². The molecule has 3 aromatic rings. The Morgan fingerprint density at radius 1 is 0.826 bits per heavy atom. The number of likely N-dealkylation sites (N-methyl/N-ethyl adjacent to an activating group) is 2. The van der Waals surface area contributed by atoms with E-state index in [9.17, 15) is 33.6 Å². The lowest BCUT2D eigenvalue weighted by Crippen LogP contribution is -2.57. The highest BCUT2D eigenvalue weighted by Gasteiger charge is 2.39. The summed E-state index contributed by atoms with van der Waals surface area (Å²) in [6.45, 7) is 19.2. The van der Waals surface area contributed by atoms with Gasteiger partial charge in [-0.15, -0.1) is 11.8 Å². The van der Waals surface area contributed by atoms with Gasteiger partial charge in [-0.3, -0.25) is 34.1 Å². The van der Waals surface area contributed by atoms with E-state index in [2.05, 4.69) is 45.5 Å². The fourth-order valence-corrected chi connectivity index (χ4v) is 10.5. The van der Waals surface area contributed by atoms with E-state index in [-0.39, 0.29) is 49.7 Å². The van der Waals surface area contributed by atoms with Crippen molar-refractivity contribution in [3.8, 4) is 11.1 Å². The van der Waals surface area contributed by atoms with E-state index in [1.54, 1.807) is 58.0 Å². The number of ether oxygens (including phenoxy) is 4. The summed E-state index contributed by atoms with van der Waals surface area (Å²) in [4.78, 5) is 99.7. The molecule has 0 spiro atoms. The monoisotopic (exact) mass is 1290 g/mol. The number of thioether (sulfide) groups is 1. The van der Waals surface area contributed by atoms with Crippen LogP contribution in [0.2, 0.25) is 5.02 Å². The topological polar surface area (TPSA) is 211 Å². The molecule has 0 aromatic heterocycles. The number of allylic oxidation sites excluding steroid dienone is 1. The molecule has 17 nitrogen and oxygen atoms in total. The number of carbonyl (C=O) groups is 7. The van der Waals surface area contributed by atoms with E-state index in [0.29, 0.717) is 35.1 Å². The molecule has 0 radical (unpaired) electrons. The summed E-state index contributed by atoms with van der Waals surface area (Å²) in [5.41, 5.74) is 5.46. The summed E-state index contributed by atoms with van der Waals surface area (Å²) in [7, 11) is 2.81. The lowest BCUT2D eigenvalue weighted by Gasteiger charge is -2.34. The molecule has 86 heavy (non-hydrogen) atoms. The SMILES string of the molecule is C/C=C(\C)C(OC(=O)C(C)(C)NCOCC1c2ccccc2-c2ccccc21)C(C)C(C/C=C(\C)C(=O)NC(CC(C)C)C(=O)NC(C)C(=O)N(C)C(Cc1ccc(Cl)cc1)C(=O)N(C)CC(=O)NC(C(=O)OCC(Cl)(Cl)Cl)C(C)CC)OCSC. The molecule has 5 amide bonds. The minimum Gasteiger partial charge on any atom is -0.460 e. The quantitative estimate of drug-likeness (QED) is 0.0112. The van der Waals surface area contributed by atoms with Crippen LogP contribution < -0.4 is 21.3 Å². The molecule has 22 heteroatoms. The van der Waals surface area contributed by atoms with Crippen LogP contribution in [-0.4, -0.2) is 150 Å². The third-order valence-electron chi connectivity index (χ3n) is 15.4. The first-order valence-corrected chi connectivity index (χ1v) is 31.9. The highest BCUT2D eigenvalue weighted by atomic mass is 35.6. The van der Waals surface area contributed by atoms with E-state index in [1.807, 2.05) is 78.1 Å². The molecule has 4 N–H and O–H groups in total. The van der Waals surface area contributed by atoms with Gasteiger partial charge >= 0.3 is 11.9 Å². The van der Waals surface area contributed by atoms with Crippen molar-refractivity contribution in [1.29, 1.82) is 0 Å². The van der Waals surface area contributed by atoms with E-state index in [0.717, 1.165) is 10.5 Å². The maximum atomic E-state index is 14.4. The van der Waals surface area contributed by atoms with Gasteiger partial charge in [0.2, 0.25) is 33.3 Å². The molecule has 0 saturated carbocycles. The van der Waals surface area contributed by atoms with E-state index in [4.69, 9.17) is 65.4 Å². The van der Waals surface area contributed by atoms with Crippen LogP contribution in [0.1, 0.15) is 118 Å². The first-order valence-electron chi connectivity index (χ1n) is 29.0. The Morgan fingerprint density at radius 3 is 1.99 bits per heavy atom. The fraction of sp³-hybridized carbons (Fsp3) is 0.547. The number of rotatable bonds is 33.